The number of amides is 1. The molecule has 1 aliphatic rings. The Morgan fingerprint density at radius 2 is 2.08 bits per heavy atom. The highest BCUT2D eigenvalue weighted by molar-refractivity contribution is 6.30. The van der Waals surface area contributed by atoms with Crippen LogP contribution in [0.4, 0.5) is 0 Å². The Hall–Kier alpha value is -2.34. The highest BCUT2D eigenvalue weighted by atomic mass is 35.5. The van der Waals surface area contributed by atoms with Crippen molar-refractivity contribution >= 4 is 23.5 Å². The molecule has 1 aromatic heterocycles. The SMILES string of the molecule is O=C(O)[C@H]1CCN(C(=O)CCc2ncc(-c3ccc(Cl)cc3)o2)C1. The third-order valence-electron chi connectivity index (χ3n) is 4.13. The number of carbonyl (C=O) groups excluding carboxylic acids is 1. The fourth-order valence-electron chi connectivity index (χ4n) is 2.73. The van der Waals surface area contributed by atoms with E-state index in [-0.39, 0.29) is 18.9 Å². The Balaban J connectivity index is 1.55. The van der Waals surface area contributed by atoms with Crippen LogP contribution in [0.1, 0.15) is 18.7 Å². The van der Waals surface area contributed by atoms with Crippen molar-refractivity contribution in [2.75, 3.05) is 13.1 Å². The zero-order valence-corrected chi connectivity index (χ0v) is 13.7. The minimum absolute atomic E-state index is 0.0648. The summed E-state index contributed by atoms with van der Waals surface area (Å²) >= 11 is 5.86. The number of hydrogen-bond acceptors (Lipinski definition) is 4. The first-order valence-corrected chi connectivity index (χ1v) is 8.12. The minimum atomic E-state index is -0.842. The third kappa shape index (κ3) is 3.76. The number of aliphatic carboxylic acids is 1. The van der Waals surface area contributed by atoms with Gasteiger partial charge in [0.2, 0.25) is 5.91 Å². The molecule has 2 aromatic rings. The Bertz CT molecular complexity index is 741. The van der Waals surface area contributed by atoms with Crippen molar-refractivity contribution < 1.29 is 19.1 Å². The van der Waals surface area contributed by atoms with E-state index in [0.29, 0.717) is 36.1 Å². The van der Waals surface area contributed by atoms with Crippen LogP contribution in [0.3, 0.4) is 0 Å². The van der Waals surface area contributed by atoms with Crippen LogP contribution in [0.5, 0.6) is 0 Å². The van der Waals surface area contributed by atoms with Gasteiger partial charge in [0.25, 0.3) is 0 Å². The normalized spacial score (nSPS) is 17.2. The van der Waals surface area contributed by atoms with E-state index in [1.54, 1.807) is 23.2 Å². The van der Waals surface area contributed by atoms with Gasteiger partial charge in [0.05, 0.1) is 12.1 Å². The summed E-state index contributed by atoms with van der Waals surface area (Å²) in [6.45, 7) is 0.785. The molecule has 1 amide bonds. The van der Waals surface area contributed by atoms with E-state index in [1.165, 1.54) is 0 Å². The van der Waals surface area contributed by atoms with Crippen molar-refractivity contribution in [2.45, 2.75) is 19.3 Å². The highest BCUT2D eigenvalue weighted by Crippen LogP contribution is 2.23. The predicted molar refractivity (Wildman–Crippen MR) is 87.6 cm³/mol. The van der Waals surface area contributed by atoms with Crippen molar-refractivity contribution in [1.29, 1.82) is 0 Å². The topological polar surface area (TPSA) is 83.6 Å². The number of carboxylic acids is 1. The zero-order chi connectivity index (χ0) is 17.1. The first-order valence-electron chi connectivity index (χ1n) is 7.74. The van der Waals surface area contributed by atoms with Crippen LogP contribution in [-0.2, 0) is 16.0 Å². The molecule has 3 rings (SSSR count). The fourth-order valence-corrected chi connectivity index (χ4v) is 2.86. The number of nitrogens with zero attached hydrogens (tertiary/aromatic N) is 2. The van der Waals surface area contributed by atoms with Gasteiger partial charge in [0.1, 0.15) is 0 Å². The largest absolute Gasteiger partial charge is 0.481 e. The van der Waals surface area contributed by atoms with E-state index in [1.807, 2.05) is 12.1 Å². The van der Waals surface area contributed by atoms with Gasteiger partial charge in [0, 0.05) is 36.5 Å². The summed E-state index contributed by atoms with van der Waals surface area (Å²) in [6.07, 6.45) is 2.79. The van der Waals surface area contributed by atoms with Gasteiger partial charge in [-0.2, -0.15) is 0 Å². The molecule has 0 bridgehead atoms. The lowest BCUT2D eigenvalue weighted by molar-refractivity contribution is -0.141. The molecule has 0 spiro atoms. The lowest BCUT2D eigenvalue weighted by Crippen LogP contribution is -2.30. The molecular formula is C17H17ClN2O4. The van der Waals surface area contributed by atoms with Gasteiger partial charge in [-0.1, -0.05) is 11.6 Å². The van der Waals surface area contributed by atoms with Crippen LogP contribution >= 0.6 is 11.6 Å². The Morgan fingerprint density at radius 1 is 1.33 bits per heavy atom. The number of aromatic nitrogens is 1. The van der Waals surface area contributed by atoms with Crippen LogP contribution in [-0.4, -0.2) is 40.0 Å². The molecule has 24 heavy (non-hydrogen) atoms. The summed E-state index contributed by atoms with van der Waals surface area (Å²) in [4.78, 5) is 28.9. The van der Waals surface area contributed by atoms with Gasteiger partial charge in [-0.3, -0.25) is 9.59 Å². The monoisotopic (exact) mass is 348 g/mol. The number of carboxylic acid groups (broad SMARTS) is 1. The number of rotatable bonds is 5. The van der Waals surface area contributed by atoms with Crippen molar-refractivity contribution in [2.24, 2.45) is 5.92 Å². The lowest BCUT2D eigenvalue weighted by Gasteiger charge is -2.14. The molecule has 1 fully saturated rings. The summed E-state index contributed by atoms with van der Waals surface area (Å²) in [5.74, 6) is -0.244. The van der Waals surface area contributed by atoms with Gasteiger partial charge < -0.3 is 14.4 Å². The molecule has 1 atom stereocenters. The molecule has 0 aliphatic carbocycles. The zero-order valence-electron chi connectivity index (χ0n) is 12.9. The van der Waals surface area contributed by atoms with Gasteiger partial charge in [-0.05, 0) is 30.7 Å². The smallest absolute Gasteiger partial charge is 0.308 e. The number of aryl methyl sites for hydroxylation is 1. The summed E-state index contributed by atoms with van der Waals surface area (Å²) in [6, 6.07) is 7.23. The summed E-state index contributed by atoms with van der Waals surface area (Å²) in [7, 11) is 0. The molecule has 1 aromatic carbocycles. The fraction of sp³-hybridized carbons (Fsp3) is 0.353. The van der Waals surface area contributed by atoms with E-state index in [2.05, 4.69) is 4.98 Å². The molecule has 6 nitrogen and oxygen atoms in total. The van der Waals surface area contributed by atoms with Gasteiger partial charge >= 0.3 is 5.97 Å². The Labute approximate surface area is 144 Å². The van der Waals surface area contributed by atoms with Crippen LogP contribution < -0.4 is 0 Å². The van der Waals surface area contributed by atoms with E-state index in [0.717, 1.165) is 5.56 Å². The van der Waals surface area contributed by atoms with Crippen LogP contribution in [0.25, 0.3) is 11.3 Å². The standard InChI is InChI=1S/C17H17ClN2O4/c18-13-3-1-11(2-4-13)14-9-19-15(24-14)5-6-16(21)20-8-7-12(10-20)17(22)23/h1-4,9,12H,5-8,10H2,(H,22,23)/t12-/m0/s1. The van der Waals surface area contributed by atoms with Crippen LogP contribution in [0.2, 0.25) is 5.02 Å². The number of halogens is 1. The van der Waals surface area contributed by atoms with Crippen LogP contribution in [0, 0.1) is 5.92 Å². The predicted octanol–water partition coefficient (Wildman–Crippen LogP) is 2.86. The van der Waals surface area contributed by atoms with Crippen molar-refractivity contribution in [3.05, 3.63) is 41.4 Å². The second kappa shape index (κ2) is 7.05. The molecule has 0 unspecified atom stereocenters. The van der Waals surface area contributed by atoms with E-state index >= 15 is 0 Å². The number of oxazole rings is 1. The van der Waals surface area contributed by atoms with E-state index in [4.69, 9.17) is 21.1 Å². The highest BCUT2D eigenvalue weighted by Gasteiger charge is 2.30. The molecule has 7 heteroatoms. The molecule has 1 N–H and O–H groups in total. The van der Waals surface area contributed by atoms with Crippen molar-refractivity contribution in [3.63, 3.8) is 0 Å². The van der Waals surface area contributed by atoms with Crippen molar-refractivity contribution in [3.8, 4) is 11.3 Å². The Kier molecular flexibility index (Phi) is 4.85. The number of likely N-dealkylation sites (tertiary alicyclic amines) is 1. The Morgan fingerprint density at radius 3 is 2.75 bits per heavy atom. The van der Waals surface area contributed by atoms with Crippen LogP contribution in [0.15, 0.2) is 34.9 Å². The number of hydrogen-bond donors (Lipinski definition) is 1. The summed E-state index contributed by atoms with van der Waals surface area (Å²) < 4.78 is 5.66. The molecule has 2 heterocycles. The van der Waals surface area contributed by atoms with E-state index < -0.39 is 11.9 Å². The summed E-state index contributed by atoms with van der Waals surface area (Å²) in [5, 5.41) is 9.63. The second-order valence-corrected chi connectivity index (χ2v) is 6.23. The van der Waals surface area contributed by atoms with E-state index in [9.17, 15) is 9.59 Å². The summed E-state index contributed by atoms with van der Waals surface area (Å²) in [5.41, 5.74) is 0.869. The maximum absolute atomic E-state index is 12.1. The molecule has 1 aliphatic heterocycles. The molecule has 126 valence electrons. The lowest BCUT2D eigenvalue weighted by atomic mass is 10.1. The number of carbonyl (C=O) groups is 2. The maximum Gasteiger partial charge on any atom is 0.308 e. The molecule has 0 radical (unpaired) electrons. The quantitative estimate of drug-likeness (QED) is 0.898. The average Bonchev–Trinajstić information content (AvgIpc) is 3.23. The van der Waals surface area contributed by atoms with Gasteiger partial charge in [-0.25, -0.2) is 4.98 Å². The second-order valence-electron chi connectivity index (χ2n) is 5.79. The third-order valence-corrected chi connectivity index (χ3v) is 4.38. The first kappa shape index (κ1) is 16.5. The molecule has 1 saturated heterocycles. The van der Waals surface area contributed by atoms with Gasteiger partial charge in [0.15, 0.2) is 11.7 Å². The maximum atomic E-state index is 12.1. The molecule has 0 saturated carbocycles. The van der Waals surface area contributed by atoms with Gasteiger partial charge in [-0.15, -0.1) is 0 Å². The minimum Gasteiger partial charge on any atom is -0.481 e. The molecular weight excluding hydrogens is 332 g/mol. The van der Waals surface area contributed by atoms with Crippen molar-refractivity contribution in [1.82, 2.24) is 9.88 Å². The number of benzene rings is 1. The average molecular weight is 349 g/mol. The first-order chi connectivity index (χ1) is 11.5.